The molecule has 0 radical (unpaired) electrons. The summed E-state index contributed by atoms with van der Waals surface area (Å²) in [5, 5.41) is 2.27. The van der Waals surface area contributed by atoms with E-state index in [0.717, 1.165) is 19.3 Å². The molecular weight excluding hydrogens is 182 g/mol. The number of nitrogens with two attached hydrogens (primary N) is 1. The number of nitrogens with one attached hydrogen (secondary N) is 2. The van der Waals surface area contributed by atoms with Gasteiger partial charge in [0, 0.05) is 0 Å². The van der Waals surface area contributed by atoms with Gasteiger partial charge in [0.2, 0.25) is 11.8 Å². The van der Waals surface area contributed by atoms with Gasteiger partial charge in [-0.2, -0.15) is 0 Å². The minimum atomic E-state index is -0.855. The molecule has 5 nitrogen and oxygen atoms in total. The first kappa shape index (κ1) is 11.1. The third kappa shape index (κ3) is 2.10. The number of carbonyl (C=O) groups is 2. The van der Waals surface area contributed by atoms with Crippen molar-refractivity contribution in [2.75, 3.05) is 0 Å². The van der Waals surface area contributed by atoms with Crippen LogP contribution >= 0.6 is 0 Å². The first-order chi connectivity index (χ1) is 6.64. The maximum atomic E-state index is 11.5. The van der Waals surface area contributed by atoms with Gasteiger partial charge in [-0.3, -0.25) is 20.7 Å². The normalized spacial score (nSPS) is 26.7. The van der Waals surface area contributed by atoms with Crippen LogP contribution in [-0.2, 0) is 9.59 Å². The Morgan fingerprint density at radius 2 is 2.21 bits per heavy atom. The summed E-state index contributed by atoms with van der Waals surface area (Å²) >= 11 is 0. The summed E-state index contributed by atoms with van der Waals surface area (Å²) in [6.45, 7) is 2.09. The molecule has 1 aliphatic heterocycles. The molecule has 0 bridgehead atoms. The third-order valence-electron chi connectivity index (χ3n) is 2.63. The fraction of sp³-hybridized carbons (Fsp3) is 0.778. The average Bonchev–Trinajstić information content (AvgIpc) is 2.43. The van der Waals surface area contributed by atoms with Gasteiger partial charge in [0.1, 0.15) is 5.54 Å². The highest BCUT2D eigenvalue weighted by Gasteiger charge is 2.45. The van der Waals surface area contributed by atoms with Gasteiger partial charge in [0.05, 0.1) is 6.42 Å². The number of rotatable bonds is 5. The fourth-order valence-electron chi connectivity index (χ4n) is 1.71. The molecule has 0 saturated carbocycles. The fourth-order valence-corrected chi connectivity index (χ4v) is 1.71. The summed E-state index contributed by atoms with van der Waals surface area (Å²) in [5.74, 6) is 4.80. The van der Waals surface area contributed by atoms with Crippen LogP contribution in [0.15, 0.2) is 0 Å². The van der Waals surface area contributed by atoms with Crippen LogP contribution in [0.25, 0.3) is 0 Å². The molecule has 0 aromatic rings. The summed E-state index contributed by atoms with van der Waals surface area (Å²) in [6, 6.07) is 0. The minimum absolute atomic E-state index is 0.159. The van der Waals surface area contributed by atoms with Crippen LogP contribution in [0, 0.1) is 0 Å². The Labute approximate surface area is 83.4 Å². The maximum Gasteiger partial charge on any atom is 0.248 e. The van der Waals surface area contributed by atoms with Crippen molar-refractivity contribution in [1.82, 2.24) is 10.7 Å². The largest absolute Gasteiger partial charge is 0.295 e. The Balaban J connectivity index is 2.57. The number of hydrogen-bond acceptors (Lipinski definition) is 4. The van der Waals surface area contributed by atoms with Crippen molar-refractivity contribution >= 4 is 11.8 Å². The molecule has 14 heavy (non-hydrogen) atoms. The first-order valence-corrected chi connectivity index (χ1v) is 4.96. The molecule has 1 fully saturated rings. The quantitative estimate of drug-likeness (QED) is 0.248. The van der Waals surface area contributed by atoms with E-state index < -0.39 is 5.54 Å². The summed E-state index contributed by atoms with van der Waals surface area (Å²) in [6.07, 6.45) is 3.81. The molecule has 80 valence electrons. The van der Waals surface area contributed by atoms with Crippen molar-refractivity contribution in [2.24, 2.45) is 5.84 Å². The lowest BCUT2D eigenvalue weighted by molar-refractivity contribution is -0.127. The van der Waals surface area contributed by atoms with Crippen molar-refractivity contribution in [1.29, 1.82) is 0 Å². The number of hydrogen-bond donors (Lipinski definition) is 3. The van der Waals surface area contributed by atoms with E-state index in [9.17, 15) is 9.59 Å². The number of imide groups is 1. The predicted octanol–water partition coefficient (Wildman–Crippen LogP) is -0.185. The maximum absolute atomic E-state index is 11.5. The standard InChI is InChI=1S/C9H17N3O2/c1-2-3-4-5-9(12-10)6-7(13)11-8(9)14/h12H,2-6,10H2,1H3,(H,11,13,14). The van der Waals surface area contributed by atoms with E-state index in [0.29, 0.717) is 6.42 Å². The van der Waals surface area contributed by atoms with Crippen LogP contribution in [0.4, 0.5) is 0 Å². The molecule has 2 amide bonds. The van der Waals surface area contributed by atoms with Gasteiger partial charge in [-0.05, 0) is 6.42 Å². The van der Waals surface area contributed by atoms with Crippen LogP contribution in [0.5, 0.6) is 0 Å². The van der Waals surface area contributed by atoms with E-state index in [2.05, 4.69) is 17.7 Å². The molecule has 0 spiro atoms. The van der Waals surface area contributed by atoms with E-state index in [4.69, 9.17) is 5.84 Å². The second-order valence-corrected chi connectivity index (χ2v) is 3.74. The van der Waals surface area contributed by atoms with Crippen LogP contribution in [0.2, 0.25) is 0 Å². The Hall–Kier alpha value is -0.940. The van der Waals surface area contributed by atoms with Gasteiger partial charge in [0.25, 0.3) is 0 Å². The third-order valence-corrected chi connectivity index (χ3v) is 2.63. The molecule has 0 aromatic carbocycles. The zero-order chi connectivity index (χ0) is 10.6. The zero-order valence-corrected chi connectivity index (χ0v) is 8.43. The van der Waals surface area contributed by atoms with Crippen molar-refractivity contribution in [3.05, 3.63) is 0 Å². The van der Waals surface area contributed by atoms with E-state index in [1.54, 1.807) is 0 Å². The molecule has 4 N–H and O–H groups in total. The van der Waals surface area contributed by atoms with Crippen LogP contribution in [0.1, 0.15) is 39.0 Å². The molecular formula is C9H17N3O2. The monoisotopic (exact) mass is 199 g/mol. The second-order valence-electron chi connectivity index (χ2n) is 3.74. The molecule has 1 rings (SSSR count). The molecule has 1 unspecified atom stereocenters. The highest BCUT2D eigenvalue weighted by Crippen LogP contribution is 2.23. The van der Waals surface area contributed by atoms with Gasteiger partial charge in [-0.1, -0.05) is 26.2 Å². The Morgan fingerprint density at radius 3 is 2.64 bits per heavy atom. The van der Waals surface area contributed by atoms with Crippen LogP contribution in [-0.4, -0.2) is 17.4 Å². The van der Waals surface area contributed by atoms with Gasteiger partial charge in [-0.15, -0.1) is 0 Å². The highest BCUT2D eigenvalue weighted by molar-refractivity contribution is 6.08. The summed E-state index contributed by atoms with van der Waals surface area (Å²) in [5.41, 5.74) is 1.63. The molecule has 0 aromatic heterocycles. The molecule has 1 aliphatic rings. The summed E-state index contributed by atoms with van der Waals surface area (Å²) in [7, 11) is 0. The lowest BCUT2D eigenvalue weighted by atomic mass is 9.91. The lowest BCUT2D eigenvalue weighted by Crippen LogP contribution is -2.54. The molecule has 0 aliphatic carbocycles. The van der Waals surface area contributed by atoms with Gasteiger partial charge < -0.3 is 0 Å². The SMILES string of the molecule is CCCCCC1(NN)CC(=O)NC1=O. The van der Waals surface area contributed by atoms with Crippen molar-refractivity contribution < 1.29 is 9.59 Å². The summed E-state index contributed by atoms with van der Waals surface area (Å²) < 4.78 is 0. The first-order valence-electron chi connectivity index (χ1n) is 4.96. The molecule has 1 heterocycles. The topological polar surface area (TPSA) is 84.2 Å². The van der Waals surface area contributed by atoms with E-state index in [-0.39, 0.29) is 18.2 Å². The number of hydrazine groups is 1. The van der Waals surface area contributed by atoms with Crippen molar-refractivity contribution in [2.45, 2.75) is 44.6 Å². The van der Waals surface area contributed by atoms with Crippen molar-refractivity contribution in [3.63, 3.8) is 0 Å². The molecule has 5 heteroatoms. The summed E-state index contributed by atoms with van der Waals surface area (Å²) in [4.78, 5) is 22.5. The number of carbonyl (C=O) groups excluding carboxylic acids is 2. The number of unbranched alkanes of at least 4 members (excludes halogenated alkanes) is 2. The van der Waals surface area contributed by atoms with Gasteiger partial charge in [-0.25, -0.2) is 5.43 Å². The van der Waals surface area contributed by atoms with E-state index in [1.807, 2.05) is 0 Å². The predicted molar refractivity (Wildman–Crippen MR) is 52.0 cm³/mol. The van der Waals surface area contributed by atoms with Gasteiger partial charge in [0.15, 0.2) is 0 Å². The van der Waals surface area contributed by atoms with E-state index >= 15 is 0 Å². The van der Waals surface area contributed by atoms with Crippen LogP contribution in [0.3, 0.4) is 0 Å². The second kappa shape index (κ2) is 4.52. The van der Waals surface area contributed by atoms with Crippen LogP contribution < -0.4 is 16.6 Å². The number of amides is 2. The Morgan fingerprint density at radius 1 is 1.50 bits per heavy atom. The Bertz CT molecular complexity index is 242. The molecule has 1 atom stereocenters. The lowest BCUT2D eigenvalue weighted by Gasteiger charge is -2.23. The molecule has 1 saturated heterocycles. The van der Waals surface area contributed by atoms with Crippen molar-refractivity contribution in [3.8, 4) is 0 Å². The Kier molecular flexibility index (Phi) is 3.60. The average molecular weight is 199 g/mol. The zero-order valence-electron chi connectivity index (χ0n) is 8.43. The minimum Gasteiger partial charge on any atom is -0.295 e. The van der Waals surface area contributed by atoms with E-state index in [1.165, 1.54) is 0 Å². The smallest absolute Gasteiger partial charge is 0.248 e. The highest BCUT2D eigenvalue weighted by atomic mass is 16.2. The van der Waals surface area contributed by atoms with Gasteiger partial charge >= 0.3 is 0 Å².